The van der Waals surface area contributed by atoms with E-state index >= 15 is 0 Å². The molecule has 2 heterocycles. The van der Waals surface area contributed by atoms with E-state index in [9.17, 15) is 14.4 Å². The number of piperidine rings is 1. The molecule has 0 spiro atoms. The Labute approximate surface area is 159 Å². The fourth-order valence-corrected chi connectivity index (χ4v) is 3.84. The molecule has 1 unspecified atom stereocenters. The Bertz CT molecular complexity index is 671. The van der Waals surface area contributed by atoms with Crippen molar-refractivity contribution in [2.45, 2.75) is 44.2 Å². The largest absolute Gasteiger partial charge is 0.453 e. The van der Waals surface area contributed by atoms with Crippen molar-refractivity contribution in [3.63, 3.8) is 0 Å². The molecule has 2 fully saturated rings. The number of hydrogen-bond donors (Lipinski definition) is 1. The summed E-state index contributed by atoms with van der Waals surface area (Å²) in [6.07, 6.45) is 2.94. The van der Waals surface area contributed by atoms with Crippen molar-refractivity contribution in [1.29, 1.82) is 0 Å². The molecule has 0 aliphatic carbocycles. The molecule has 146 valence electrons. The van der Waals surface area contributed by atoms with Crippen molar-refractivity contribution < 1.29 is 19.1 Å². The number of rotatable bonds is 4. The van der Waals surface area contributed by atoms with Crippen LogP contribution in [-0.4, -0.2) is 66.5 Å². The number of ether oxygens (including phenoxy) is 1. The predicted octanol–water partition coefficient (Wildman–Crippen LogP) is 1.57. The molecule has 0 radical (unpaired) electrons. The maximum atomic E-state index is 12.7. The van der Waals surface area contributed by atoms with Crippen LogP contribution in [0.15, 0.2) is 30.3 Å². The van der Waals surface area contributed by atoms with Gasteiger partial charge in [-0.25, -0.2) is 4.79 Å². The highest BCUT2D eigenvalue weighted by Crippen LogP contribution is 2.20. The Morgan fingerprint density at radius 3 is 2.44 bits per heavy atom. The summed E-state index contributed by atoms with van der Waals surface area (Å²) in [6.45, 7) is 1.77. The molecule has 0 saturated carbocycles. The summed E-state index contributed by atoms with van der Waals surface area (Å²) in [5.41, 5.74) is 0.962. The van der Waals surface area contributed by atoms with Crippen LogP contribution in [-0.2, 0) is 20.7 Å². The fraction of sp³-hybridized carbons (Fsp3) is 0.550. The maximum absolute atomic E-state index is 12.7. The van der Waals surface area contributed by atoms with Crippen LogP contribution in [0.25, 0.3) is 0 Å². The first-order valence-corrected chi connectivity index (χ1v) is 9.55. The Hall–Kier alpha value is -2.57. The van der Waals surface area contributed by atoms with E-state index < -0.39 is 0 Å². The Morgan fingerprint density at radius 1 is 1.07 bits per heavy atom. The van der Waals surface area contributed by atoms with E-state index in [4.69, 9.17) is 4.74 Å². The first kappa shape index (κ1) is 19.2. The minimum Gasteiger partial charge on any atom is -0.453 e. The number of nitrogens with one attached hydrogen (secondary N) is 1. The van der Waals surface area contributed by atoms with Crippen LogP contribution in [0.4, 0.5) is 4.79 Å². The summed E-state index contributed by atoms with van der Waals surface area (Å²) >= 11 is 0. The molecule has 7 nitrogen and oxygen atoms in total. The number of carbonyl (C=O) groups excluding carboxylic acids is 3. The molecule has 1 aromatic rings. The summed E-state index contributed by atoms with van der Waals surface area (Å²) in [5, 5.41) is 3.08. The first-order chi connectivity index (χ1) is 13.1. The van der Waals surface area contributed by atoms with Gasteiger partial charge in [0.15, 0.2) is 0 Å². The SMILES string of the molecule is COC(=O)N1CCC(NC(=O)C2CCCN2C(=O)Cc2ccccc2)CC1. The van der Waals surface area contributed by atoms with Gasteiger partial charge in [0.05, 0.1) is 13.5 Å². The van der Waals surface area contributed by atoms with Crippen molar-refractivity contribution in [1.82, 2.24) is 15.1 Å². The molecule has 2 saturated heterocycles. The zero-order chi connectivity index (χ0) is 19.2. The van der Waals surface area contributed by atoms with E-state index in [0.717, 1.165) is 12.0 Å². The lowest BCUT2D eigenvalue weighted by molar-refractivity contribution is -0.138. The van der Waals surface area contributed by atoms with Gasteiger partial charge < -0.3 is 19.9 Å². The second-order valence-corrected chi connectivity index (χ2v) is 7.15. The quantitative estimate of drug-likeness (QED) is 0.869. The van der Waals surface area contributed by atoms with Gasteiger partial charge in [0.2, 0.25) is 11.8 Å². The van der Waals surface area contributed by atoms with E-state index in [1.807, 2.05) is 30.3 Å². The van der Waals surface area contributed by atoms with Gasteiger partial charge in [-0.1, -0.05) is 30.3 Å². The number of carbonyl (C=O) groups is 3. The first-order valence-electron chi connectivity index (χ1n) is 9.55. The van der Waals surface area contributed by atoms with E-state index in [2.05, 4.69) is 5.32 Å². The van der Waals surface area contributed by atoms with E-state index in [1.54, 1.807) is 9.80 Å². The van der Waals surface area contributed by atoms with E-state index in [0.29, 0.717) is 45.3 Å². The average molecular weight is 373 g/mol. The van der Waals surface area contributed by atoms with Crippen molar-refractivity contribution in [3.05, 3.63) is 35.9 Å². The monoisotopic (exact) mass is 373 g/mol. The van der Waals surface area contributed by atoms with Crippen molar-refractivity contribution in [3.8, 4) is 0 Å². The maximum Gasteiger partial charge on any atom is 0.409 e. The molecule has 3 rings (SSSR count). The summed E-state index contributed by atoms with van der Waals surface area (Å²) < 4.78 is 4.73. The molecule has 0 aromatic heterocycles. The fourth-order valence-electron chi connectivity index (χ4n) is 3.84. The number of nitrogens with zero attached hydrogens (tertiary/aromatic N) is 2. The number of hydrogen-bond acceptors (Lipinski definition) is 4. The third-order valence-electron chi connectivity index (χ3n) is 5.35. The van der Waals surface area contributed by atoms with Crippen LogP contribution in [0, 0.1) is 0 Å². The smallest absolute Gasteiger partial charge is 0.409 e. The molecular weight excluding hydrogens is 346 g/mol. The van der Waals surface area contributed by atoms with Crippen LogP contribution >= 0.6 is 0 Å². The van der Waals surface area contributed by atoms with Crippen LogP contribution in [0.3, 0.4) is 0 Å². The molecule has 27 heavy (non-hydrogen) atoms. The summed E-state index contributed by atoms with van der Waals surface area (Å²) in [6, 6.07) is 9.25. The molecule has 3 amide bonds. The molecule has 7 heteroatoms. The Morgan fingerprint density at radius 2 is 1.78 bits per heavy atom. The lowest BCUT2D eigenvalue weighted by Gasteiger charge is -2.33. The summed E-state index contributed by atoms with van der Waals surface area (Å²) in [5.74, 6) is -0.0789. The number of amides is 3. The number of benzene rings is 1. The molecule has 2 aliphatic heterocycles. The topological polar surface area (TPSA) is 79.0 Å². The number of likely N-dealkylation sites (tertiary alicyclic amines) is 2. The minimum absolute atomic E-state index is 0.000592. The van der Waals surface area contributed by atoms with E-state index in [-0.39, 0.29) is 30.0 Å². The lowest BCUT2D eigenvalue weighted by Crippen LogP contribution is -2.52. The minimum atomic E-state index is -0.389. The third kappa shape index (κ3) is 4.78. The highest BCUT2D eigenvalue weighted by Gasteiger charge is 2.35. The standard InChI is InChI=1S/C20H27N3O4/c1-27-20(26)22-12-9-16(10-13-22)21-19(25)17-8-5-11-23(17)18(24)14-15-6-3-2-4-7-15/h2-4,6-7,16-17H,5,8-14H2,1H3,(H,21,25). The van der Waals surface area contributed by atoms with Gasteiger partial charge in [-0.3, -0.25) is 9.59 Å². The van der Waals surface area contributed by atoms with Crippen molar-refractivity contribution >= 4 is 17.9 Å². The summed E-state index contributed by atoms with van der Waals surface area (Å²) in [4.78, 5) is 40.3. The normalized spacial score (nSPS) is 20.4. The van der Waals surface area contributed by atoms with Gasteiger partial charge in [0.1, 0.15) is 6.04 Å². The van der Waals surface area contributed by atoms with Crippen LogP contribution in [0.5, 0.6) is 0 Å². The molecule has 1 aromatic carbocycles. The van der Waals surface area contributed by atoms with Crippen molar-refractivity contribution in [2.75, 3.05) is 26.7 Å². The molecular formula is C20H27N3O4. The zero-order valence-corrected chi connectivity index (χ0v) is 15.7. The Kier molecular flexibility index (Phi) is 6.32. The molecule has 1 atom stereocenters. The highest BCUT2D eigenvalue weighted by molar-refractivity contribution is 5.89. The van der Waals surface area contributed by atoms with E-state index in [1.165, 1.54) is 7.11 Å². The number of methoxy groups -OCH3 is 1. The Balaban J connectivity index is 1.52. The van der Waals surface area contributed by atoms with Crippen LogP contribution < -0.4 is 5.32 Å². The van der Waals surface area contributed by atoms with Gasteiger partial charge >= 0.3 is 6.09 Å². The molecule has 0 bridgehead atoms. The van der Waals surface area contributed by atoms with Gasteiger partial charge in [-0.15, -0.1) is 0 Å². The molecule has 2 aliphatic rings. The van der Waals surface area contributed by atoms with Crippen molar-refractivity contribution in [2.24, 2.45) is 0 Å². The average Bonchev–Trinajstić information content (AvgIpc) is 3.19. The second-order valence-electron chi connectivity index (χ2n) is 7.15. The van der Waals surface area contributed by atoms with Gasteiger partial charge in [0, 0.05) is 25.7 Å². The van der Waals surface area contributed by atoms with Gasteiger partial charge in [-0.05, 0) is 31.2 Å². The zero-order valence-electron chi connectivity index (χ0n) is 15.7. The van der Waals surface area contributed by atoms with Crippen LogP contribution in [0.2, 0.25) is 0 Å². The lowest BCUT2D eigenvalue weighted by atomic mass is 10.0. The van der Waals surface area contributed by atoms with Gasteiger partial charge in [0.25, 0.3) is 0 Å². The second kappa shape index (κ2) is 8.88. The predicted molar refractivity (Wildman–Crippen MR) is 100 cm³/mol. The summed E-state index contributed by atoms with van der Waals surface area (Å²) in [7, 11) is 1.37. The van der Waals surface area contributed by atoms with Gasteiger partial charge in [-0.2, -0.15) is 0 Å². The highest BCUT2D eigenvalue weighted by atomic mass is 16.5. The molecule has 1 N–H and O–H groups in total. The third-order valence-corrected chi connectivity index (χ3v) is 5.35. The van der Waals surface area contributed by atoms with Crippen LogP contribution in [0.1, 0.15) is 31.2 Å².